The Hall–Kier alpha value is -2.08. The molecule has 0 aliphatic carbocycles. The van der Waals surface area contributed by atoms with Crippen LogP contribution < -0.4 is 15.8 Å². The van der Waals surface area contributed by atoms with E-state index >= 15 is 0 Å². The molecule has 6 nitrogen and oxygen atoms in total. The van der Waals surface area contributed by atoms with E-state index in [2.05, 4.69) is 5.32 Å². The maximum atomic E-state index is 11.7. The van der Waals surface area contributed by atoms with Crippen LogP contribution in [0, 0.1) is 0 Å². The van der Waals surface area contributed by atoms with Gasteiger partial charge in [-0.3, -0.25) is 9.59 Å². The van der Waals surface area contributed by atoms with E-state index in [9.17, 15) is 9.59 Å². The van der Waals surface area contributed by atoms with Crippen LogP contribution in [0.25, 0.3) is 0 Å². The minimum absolute atomic E-state index is 0.000360. The Balaban J connectivity index is 2.40. The molecule has 1 rings (SSSR count). The molecule has 0 atom stereocenters. The maximum Gasteiger partial charge on any atom is 0.250 e. The van der Waals surface area contributed by atoms with Crippen molar-refractivity contribution in [3.63, 3.8) is 0 Å². The lowest BCUT2D eigenvalue weighted by atomic mass is 10.2. The molecule has 21 heavy (non-hydrogen) atoms. The summed E-state index contributed by atoms with van der Waals surface area (Å²) >= 11 is 0. The molecule has 0 saturated carbocycles. The fourth-order valence-electron chi connectivity index (χ4n) is 1.38. The van der Waals surface area contributed by atoms with Crippen molar-refractivity contribution in [1.29, 1.82) is 0 Å². The highest BCUT2D eigenvalue weighted by Crippen LogP contribution is 2.16. The first-order valence-electron chi connectivity index (χ1n) is 6.71. The molecule has 0 heterocycles. The van der Waals surface area contributed by atoms with E-state index in [1.807, 2.05) is 20.8 Å². The molecule has 0 radical (unpaired) electrons. The molecule has 3 N–H and O–H groups in total. The highest BCUT2D eigenvalue weighted by molar-refractivity contribution is 5.91. The summed E-state index contributed by atoms with van der Waals surface area (Å²) in [6.45, 7) is 5.90. The zero-order chi connectivity index (χ0) is 15.9. The highest BCUT2D eigenvalue weighted by atomic mass is 16.5. The molecule has 6 heteroatoms. The van der Waals surface area contributed by atoms with E-state index in [1.54, 1.807) is 24.3 Å². The Morgan fingerprint density at radius 3 is 2.33 bits per heavy atom. The lowest BCUT2D eigenvalue weighted by Gasteiger charge is -2.19. The van der Waals surface area contributed by atoms with Crippen molar-refractivity contribution >= 4 is 17.5 Å². The second-order valence-corrected chi connectivity index (χ2v) is 5.54. The van der Waals surface area contributed by atoms with Gasteiger partial charge in [-0.1, -0.05) is 0 Å². The standard InChI is InChI=1S/C15H22N2O4/c1-15(2,3)21-10-14(19)17-11-4-6-12(7-5-11)20-9-8-13(16)18/h4-7H,8-10H2,1-3H3,(H2,16,18)(H,17,19). The zero-order valence-electron chi connectivity index (χ0n) is 12.6. The summed E-state index contributed by atoms with van der Waals surface area (Å²) in [6, 6.07) is 6.85. The minimum Gasteiger partial charge on any atom is -0.493 e. The third kappa shape index (κ3) is 7.94. The molecule has 0 aliphatic rings. The van der Waals surface area contributed by atoms with Crippen LogP contribution in [0.1, 0.15) is 27.2 Å². The van der Waals surface area contributed by atoms with Gasteiger partial charge in [0.05, 0.1) is 18.6 Å². The summed E-state index contributed by atoms with van der Waals surface area (Å²) in [5, 5.41) is 2.72. The van der Waals surface area contributed by atoms with Crippen LogP contribution in [-0.4, -0.2) is 30.6 Å². The Kier molecular flexibility index (Phi) is 6.17. The predicted molar refractivity (Wildman–Crippen MR) is 80.1 cm³/mol. The normalized spacial score (nSPS) is 11.0. The Morgan fingerprint density at radius 1 is 1.19 bits per heavy atom. The third-order valence-electron chi connectivity index (χ3n) is 2.39. The van der Waals surface area contributed by atoms with Crippen LogP contribution in [0.15, 0.2) is 24.3 Å². The molecule has 1 aromatic carbocycles. The number of nitrogens with two attached hydrogens (primary N) is 1. The molecule has 0 aromatic heterocycles. The molecule has 116 valence electrons. The summed E-state index contributed by atoms with van der Waals surface area (Å²) < 4.78 is 10.7. The molecule has 2 amide bonds. The average Bonchev–Trinajstić information content (AvgIpc) is 2.37. The van der Waals surface area contributed by atoms with Gasteiger partial charge in [0.15, 0.2) is 0 Å². The molecule has 0 fully saturated rings. The van der Waals surface area contributed by atoms with Crippen molar-refractivity contribution in [3.05, 3.63) is 24.3 Å². The molecule has 0 bridgehead atoms. The van der Waals surface area contributed by atoms with Crippen LogP contribution in [0.2, 0.25) is 0 Å². The molecular weight excluding hydrogens is 272 g/mol. The lowest BCUT2D eigenvalue weighted by Crippen LogP contribution is -2.27. The van der Waals surface area contributed by atoms with Crippen LogP contribution >= 0.6 is 0 Å². The Morgan fingerprint density at radius 2 is 1.81 bits per heavy atom. The summed E-state index contributed by atoms with van der Waals surface area (Å²) in [6.07, 6.45) is 0.169. The topological polar surface area (TPSA) is 90.7 Å². The summed E-state index contributed by atoms with van der Waals surface area (Å²) in [4.78, 5) is 22.3. The van der Waals surface area contributed by atoms with Crippen molar-refractivity contribution in [2.45, 2.75) is 32.8 Å². The van der Waals surface area contributed by atoms with E-state index in [0.29, 0.717) is 11.4 Å². The molecular formula is C15H22N2O4. The van der Waals surface area contributed by atoms with Crippen molar-refractivity contribution < 1.29 is 19.1 Å². The molecule has 1 aromatic rings. The Labute approximate surface area is 124 Å². The summed E-state index contributed by atoms with van der Waals surface area (Å²) in [5.41, 5.74) is 5.32. The van der Waals surface area contributed by atoms with Gasteiger partial charge < -0.3 is 20.5 Å². The fraction of sp³-hybridized carbons (Fsp3) is 0.467. The smallest absolute Gasteiger partial charge is 0.250 e. The fourth-order valence-corrected chi connectivity index (χ4v) is 1.38. The average molecular weight is 294 g/mol. The summed E-state index contributed by atoms with van der Waals surface area (Å²) in [5.74, 6) is -0.00903. The van der Waals surface area contributed by atoms with Crippen molar-refractivity contribution in [3.8, 4) is 5.75 Å². The van der Waals surface area contributed by atoms with Crippen LogP contribution in [-0.2, 0) is 14.3 Å². The Bertz CT molecular complexity index is 477. The number of ether oxygens (including phenoxy) is 2. The van der Waals surface area contributed by atoms with Crippen molar-refractivity contribution in [2.75, 3.05) is 18.5 Å². The minimum atomic E-state index is -0.405. The second-order valence-electron chi connectivity index (χ2n) is 5.54. The molecule has 0 spiro atoms. The van der Waals surface area contributed by atoms with Gasteiger partial charge in [0.1, 0.15) is 12.4 Å². The number of carbonyl (C=O) groups is 2. The number of nitrogens with one attached hydrogen (secondary N) is 1. The van der Waals surface area contributed by atoms with Crippen molar-refractivity contribution in [1.82, 2.24) is 0 Å². The van der Waals surface area contributed by atoms with E-state index in [0.717, 1.165) is 0 Å². The van der Waals surface area contributed by atoms with E-state index in [4.69, 9.17) is 15.2 Å². The first kappa shape index (κ1) is 17.0. The van der Waals surface area contributed by atoms with Gasteiger partial charge in [-0.05, 0) is 45.0 Å². The van der Waals surface area contributed by atoms with Gasteiger partial charge in [0.25, 0.3) is 0 Å². The first-order valence-corrected chi connectivity index (χ1v) is 6.71. The number of primary amides is 1. The van der Waals surface area contributed by atoms with Gasteiger partial charge in [-0.2, -0.15) is 0 Å². The van der Waals surface area contributed by atoms with Gasteiger partial charge >= 0.3 is 0 Å². The van der Waals surface area contributed by atoms with E-state index in [-0.39, 0.29) is 31.1 Å². The summed E-state index contributed by atoms with van der Waals surface area (Å²) in [7, 11) is 0. The predicted octanol–water partition coefficient (Wildman–Crippen LogP) is 1.69. The number of amides is 2. The first-order chi connectivity index (χ1) is 9.76. The van der Waals surface area contributed by atoms with Gasteiger partial charge in [-0.15, -0.1) is 0 Å². The number of hydrogen-bond acceptors (Lipinski definition) is 4. The van der Waals surface area contributed by atoms with Crippen molar-refractivity contribution in [2.24, 2.45) is 5.73 Å². The third-order valence-corrected chi connectivity index (χ3v) is 2.39. The quantitative estimate of drug-likeness (QED) is 0.800. The van der Waals surface area contributed by atoms with Crippen LogP contribution in [0.3, 0.4) is 0 Å². The number of anilines is 1. The molecule has 0 unspecified atom stereocenters. The SMILES string of the molecule is CC(C)(C)OCC(=O)Nc1ccc(OCCC(N)=O)cc1. The zero-order valence-corrected chi connectivity index (χ0v) is 12.6. The highest BCUT2D eigenvalue weighted by Gasteiger charge is 2.12. The number of benzene rings is 1. The lowest BCUT2D eigenvalue weighted by molar-refractivity contribution is -0.125. The number of hydrogen-bond donors (Lipinski definition) is 2. The maximum absolute atomic E-state index is 11.7. The second kappa shape index (κ2) is 7.64. The van der Waals surface area contributed by atoms with Crippen LogP contribution in [0.5, 0.6) is 5.75 Å². The van der Waals surface area contributed by atoms with Gasteiger partial charge in [0.2, 0.25) is 11.8 Å². The number of carbonyl (C=O) groups excluding carboxylic acids is 2. The van der Waals surface area contributed by atoms with Gasteiger partial charge in [0, 0.05) is 5.69 Å². The monoisotopic (exact) mass is 294 g/mol. The number of rotatable bonds is 7. The molecule has 0 saturated heterocycles. The molecule has 0 aliphatic heterocycles. The van der Waals surface area contributed by atoms with E-state index < -0.39 is 5.91 Å². The largest absolute Gasteiger partial charge is 0.493 e. The van der Waals surface area contributed by atoms with Gasteiger partial charge in [-0.25, -0.2) is 0 Å². The van der Waals surface area contributed by atoms with Crippen LogP contribution in [0.4, 0.5) is 5.69 Å². The van der Waals surface area contributed by atoms with E-state index in [1.165, 1.54) is 0 Å².